The van der Waals surface area contributed by atoms with Crippen LogP contribution in [-0.2, 0) is 5.41 Å². The van der Waals surface area contributed by atoms with E-state index >= 15 is 0 Å². The molecule has 10 rings (SSSR count). The molecule has 0 N–H and O–H groups in total. The Morgan fingerprint density at radius 3 is 1.68 bits per heavy atom. The van der Waals surface area contributed by atoms with Gasteiger partial charge in [-0.3, -0.25) is 0 Å². The van der Waals surface area contributed by atoms with Crippen LogP contribution in [0, 0.1) is 0 Å². The van der Waals surface area contributed by atoms with Gasteiger partial charge in [0.05, 0.1) is 0 Å². The molecule has 0 amide bonds. The van der Waals surface area contributed by atoms with Crippen molar-refractivity contribution in [1.82, 2.24) is 0 Å². The minimum atomic E-state index is -0.0867. The highest BCUT2D eigenvalue weighted by Gasteiger charge is 2.36. The highest BCUT2D eigenvalue weighted by atomic mass is 14.4. The van der Waals surface area contributed by atoms with Crippen molar-refractivity contribution in [3.05, 3.63) is 169 Å². The first-order valence-corrected chi connectivity index (χ1v) is 16.6. The van der Waals surface area contributed by atoms with Gasteiger partial charge in [-0.2, -0.15) is 0 Å². The molecule has 0 fully saturated rings. The molecule has 0 saturated heterocycles. The van der Waals surface area contributed by atoms with Crippen LogP contribution in [0.2, 0.25) is 0 Å². The third-order valence-corrected chi connectivity index (χ3v) is 10.8. The van der Waals surface area contributed by atoms with E-state index in [4.69, 9.17) is 0 Å². The highest BCUT2D eigenvalue weighted by molar-refractivity contribution is 6.25. The molecule has 0 spiro atoms. The number of benzene rings is 9. The van der Waals surface area contributed by atoms with Gasteiger partial charge >= 0.3 is 0 Å². The van der Waals surface area contributed by atoms with Gasteiger partial charge < -0.3 is 0 Å². The molecule has 0 nitrogen and oxygen atoms in total. The van der Waals surface area contributed by atoms with Gasteiger partial charge in [-0.05, 0) is 135 Å². The summed E-state index contributed by atoms with van der Waals surface area (Å²) in [5.41, 5.74) is 12.9. The van der Waals surface area contributed by atoms with Crippen molar-refractivity contribution < 1.29 is 0 Å². The first-order valence-electron chi connectivity index (χ1n) is 16.6. The van der Waals surface area contributed by atoms with Crippen LogP contribution < -0.4 is 0 Å². The Kier molecular flexibility index (Phi) is 5.44. The van der Waals surface area contributed by atoms with Gasteiger partial charge in [0.2, 0.25) is 0 Å². The Labute approximate surface area is 274 Å². The van der Waals surface area contributed by atoms with E-state index in [9.17, 15) is 0 Å². The third kappa shape index (κ3) is 3.88. The second-order valence-corrected chi connectivity index (χ2v) is 13.8. The van der Waals surface area contributed by atoms with Crippen LogP contribution in [0.4, 0.5) is 0 Å². The zero-order valence-corrected chi connectivity index (χ0v) is 26.5. The normalized spacial score (nSPS) is 13.5. The van der Waals surface area contributed by atoms with Gasteiger partial charge in [-0.25, -0.2) is 0 Å². The van der Waals surface area contributed by atoms with E-state index in [0.717, 1.165) is 0 Å². The van der Waals surface area contributed by atoms with E-state index < -0.39 is 0 Å². The summed E-state index contributed by atoms with van der Waals surface area (Å²) in [7, 11) is 0. The standard InChI is InChI=1S/C47H32/c1-47(2)43-28-35(19-21-40(43)42-26-33-11-6-7-12-34(33)27-44(42)47)37-23-36(29-9-4-3-5-10-29)24-38(25-37)39-20-17-32-16-15-30-13-8-14-31-18-22-41(39)46(32)45(30)31/h3-28H,1-2H3. The van der Waals surface area contributed by atoms with Crippen LogP contribution in [0.5, 0.6) is 0 Å². The van der Waals surface area contributed by atoms with Crippen molar-refractivity contribution >= 4 is 43.1 Å². The van der Waals surface area contributed by atoms with Crippen molar-refractivity contribution in [1.29, 1.82) is 0 Å². The van der Waals surface area contributed by atoms with Crippen molar-refractivity contribution in [2.45, 2.75) is 19.3 Å². The third-order valence-electron chi connectivity index (χ3n) is 10.8. The maximum atomic E-state index is 2.46. The van der Waals surface area contributed by atoms with Crippen molar-refractivity contribution in [2.24, 2.45) is 0 Å². The predicted octanol–water partition coefficient (Wildman–Crippen LogP) is 13.0. The lowest BCUT2D eigenvalue weighted by molar-refractivity contribution is 0.661. The Balaban J connectivity index is 1.19. The average molecular weight is 597 g/mol. The van der Waals surface area contributed by atoms with Gasteiger partial charge in [0.15, 0.2) is 0 Å². The second-order valence-electron chi connectivity index (χ2n) is 13.8. The number of hydrogen-bond acceptors (Lipinski definition) is 0. The lowest BCUT2D eigenvalue weighted by atomic mass is 9.81. The molecule has 9 aromatic rings. The molecule has 9 aromatic carbocycles. The summed E-state index contributed by atoms with van der Waals surface area (Å²) >= 11 is 0. The van der Waals surface area contributed by atoms with E-state index in [2.05, 4.69) is 172 Å². The SMILES string of the molecule is CC1(C)c2cc(-c3cc(-c4ccccc4)cc(-c4ccc5ccc6cccc7ccc4c5c67)c3)ccc2-c2cc3ccccc3cc21. The molecule has 0 aliphatic heterocycles. The Bertz CT molecular complexity index is 2670. The summed E-state index contributed by atoms with van der Waals surface area (Å²) in [6.07, 6.45) is 0. The van der Waals surface area contributed by atoms with E-state index in [1.807, 2.05) is 0 Å². The number of fused-ring (bicyclic) bond motifs is 4. The Morgan fingerprint density at radius 2 is 0.894 bits per heavy atom. The molecule has 0 radical (unpaired) electrons. The lowest BCUT2D eigenvalue weighted by Crippen LogP contribution is -2.15. The second kappa shape index (κ2) is 9.64. The number of rotatable bonds is 3. The molecule has 0 heteroatoms. The molecule has 1 aliphatic carbocycles. The Hall–Kier alpha value is -5.72. The molecule has 0 atom stereocenters. The smallest absolute Gasteiger partial charge is 0.0159 e. The van der Waals surface area contributed by atoms with Crippen molar-refractivity contribution in [2.75, 3.05) is 0 Å². The van der Waals surface area contributed by atoms with Crippen LogP contribution in [0.3, 0.4) is 0 Å². The van der Waals surface area contributed by atoms with Crippen LogP contribution in [0.15, 0.2) is 158 Å². The predicted molar refractivity (Wildman–Crippen MR) is 202 cm³/mol. The van der Waals surface area contributed by atoms with Gasteiger partial charge in [0.25, 0.3) is 0 Å². The first-order chi connectivity index (χ1) is 23.0. The molecule has 0 unspecified atom stereocenters. The fourth-order valence-electron chi connectivity index (χ4n) is 8.34. The molecular formula is C47H32. The van der Waals surface area contributed by atoms with Crippen LogP contribution in [0.25, 0.3) is 87.6 Å². The highest BCUT2D eigenvalue weighted by Crippen LogP contribution is 2.51. The van der Waals surface area contributed by atoms with E-state index in [1.54, 1.807) is 0 Å². The molecule has 0 aromatic heterocycles. The molecule has 220 valence electrons. The van der Waals surface area contributed by atoms with Gasteiger partial charge in [0, 0.05) is 5.41 Å². The van der Waals surface area contributed by atoms with Crippen LogP contribution in [0.1, 0.15) is 25.0 Å². The maximum Gasteiger partial charge on any atom is 0.0159 e. The summed E-state index contributed by atoms with van der Waals surface area (Å²) in [5, 5.41) is 10.5. The fourth-order valence-corrected chi connectivity index (χ4v) is 8.34. The zero-order valence-electron chi connectivity index (χ0n) is 26.5. The van der Waals surface area contributed by atoms with Gasteiger partial charge in [0.1, 0.15) is 0 Å². The largest absolute Gasteiger partial charge is 0.0622 e. The van der Waals surface area contributed by atoms with E-state index in [-0.39, 0.29) is 5.41 Å². The monoisotopic (exact) mass is 596 g/mol. The average Bonchev–Trinajstić information content (AvgIpc) is 3.34. The van der Waals surface area contributed by atoms with Crippen LogP contribution in [-0.4, -0.2) is 0 Å². The summed E-state index contributed by atoms with van der Waals surface area (Å²) in [5.74, 6) is 0. The molecule has 0 heterocycles. The Morgan fingerprint density at radius 1 is 0.319 bits per heavy atom. The summed E-state index contributed by atoms with van der Waals surface area (Å²) in [4.78, 5) is 0. The summed E-state index contributed by atoms with van der Waals surface area (Å²) in [6, 6.07) is 59.1. The molecule has 0 bridgehead atoms. The minimum Gasteiger partial charge on any atom is -0.0622 e. The van der Waals surface area contributed by atoms with E-state index in [0.29, 0.717) is 0 Å². The van der Waals surface area contributed by atoms with Crippen molar-refractivity contribution in [3.8, 4) is 44.5 Å². The molecule has 47 heavy (non-hydrogen) atoms. The van der Waals surface area contributed by atoms with E-state index in [1.165, 1.54) is 98.7 Å². The first kappa shape index (κ1) is 26.5. The van der Waals surface area contributed by atoms with Crippen LogP contribution >= 0.6 is 0 Å². The molecule has 1 aliphatic rings. The van der Waals surface area contributed by atoms with Crippen molar-refractivity contribution in [3.63, 3.8) is 0 Å². The quantitative estimate of drug-likeness (QED) is 0.178. The zero-order chi connectivity index (χ0) is 31.3. The maximum absolute atomic E-state index is 2.46. The molecule has 0 saturated carbocycles. The topological polar surface area (TPSA) is 0 Å². The summed E-state index contributed by atoms with van der Waals surface area (Å²) < 4.78 is 0. The van der Waals surface area contributed by atoms with Gasteiger partial charge in [-0.1, -0.05) is 135 Å². The number of hydrogen-bond donors (Lipinski definition) is 0. The molecular weight excluding hydrogens is 565 g/mol. The lowest BCUT2D eigenvalue weighted by Gasteiger charge is -2.22. The minimum absolute atomic E-state index is 0.0867. The summed E-state index contributed by atoms with van der Waals surface area (Å²) in [6.45, 7) is 4.76. The van der Waals surface area contributed by atoms with Gasteiger partial charge in [-0.15, -0.1) is 0 Å². The fraction of sp³-hybridized carbons (Fsp3) is 0.0638.